The van der Waals surface area contributed by atoms with Gasteiger partial charge in [0.25, 0.3) is 5.91 Å². The Balaban J connectivity index is 1.52. The first kappa shape index (κ1) is 16.0. The van der Waals surface area contributed by atoms with Crippen LogP contribution in [0.15, 0.2) is 59.7 Å². The molecule has 26 heavy (non-hydrogen) atoms. The monoisotopic (exact) mass is 348 g/mol. The van der Waals surface area contributed by atoms with E-state index in [2.05, 4.69) is 10.5 Å². The molecule has 1 aliphatic rings. The molecular formula is C20H16N2O4. The van der Waals surface area contributed by atoms with Crippen LogP contribution >= 0.6 is 0 Å². The molecule has 4 rings (SSSR count). The molecule has 0 saturated heterocycles. The summed E-state index contributed by atoms with van der Waals surface area (Å²) < 4.78 is 16.0. The molecule has 1 N–H and O–H groups in total. The number of hydrogen-bond acceptors (Lipinski definition) is 5. The highest BCUT2D eigenvalue weighted by atomic mass is 16.7. The van der Waals surface area contributed by atoms with Crippen LogP contribution in [-0.4, -0.2) is 26.0 Å². The summed E-state index contributed by atoms with van der Waals surface area (Å²) in [5.41, 5.74) is 3.75. The van der Waals surface area contributed by atoms with Crippen LogP contribution in [0.1, 0.15) is 15.9 Å². The molecule has 0 aromatic heterocycles. The zero-order valence-corrected chi connectivity index (χ0v) is 14.1. The third-order valence-electron chi connectivity index (χ3n) is 4.11. The van der Waals surface area contributed by atoms with Crippen molar-refractivity contribution < 1.29 is 19.0 Å². The van der Waals surface area contributed by atoms with E-state index in [1.807, 2.05) is 36.4 Å². The summed E-state index contributed by atoms with van der Waals surface area (Å²) in [6.45, 7) is 0.178. The first-order chi connectivity index (χ1) is 12.7. The lowest BCUT2D eigenvalue weighted by Gasteiger charge is -2.06. The molecule has 0 fully saturated rings. The third kappa shape index (κ3) is 3.04. The van der Waals surface area contributed by atoms with Crippen molar-refractivity contribution in [2.45, 2.75) is 0 Å². The zero-order valence-electron chi connectivity index (χ0n) is 14.1. The van der Waals surface area contributed by atoms with E-state index >= 15 is 0 Å². The first-order valence-electron chi connectivity index (χ1n) is 8.04. The zero-order chi connectivity index (χ0) is 17.9. The summed E-state index contributed by atoms with van der Waals surface area (Å²) >= 11 is 0. The maximum atomic E-state index is 12.3. The van der Waals surface area contributed by atoms with Crippen molar-refractivity contribution in [3.05, 3.63) is 65.7 Å². The van der Waals surface area contributed by atoms with E-state index in [4.69, 9.17) is 14.2 Å². The molecule has 0 bridgehead atoms. The molecule has 0 aliphatic carbocycles. The van der Waals surface area contributed by atoms with Gasteiger partial charge in [-0.2, -0.15) is 5.10 Å². The van der Waals surface area contributed by atoms with Gasteiger partial charge in [0.1, 0.15) is 5.75 Å². The van der Waals surface area contributed by atoms with Crippen LogP contribution in [0.3, 0.4) is 0 Å². The Bertz CT molecular complexity index is 1010. The summed E-state index contributed by atoms with van der Waals surface area (Å²) in [6.07, 6.45) is 1.51. The molecule has 1 aliphatic heterocycles. The van der Waals surface area contributed by atoms with Crippen molar-refractivity contribution in [2.75, 3.05) is 13.9 Å². The van der Waals surface area contributed by atoms with Gasteiger partial charge in [-0.1, -0.05) is 30.3 Å². The van der Waals surface area contributed by atoms with Crippen molar-refractivity contribution in [1.29, 1.82) is 0 Å². The van der Waals surface area contributed by atoms with Gasteiger partial charge in [-0.3, -0.25) is 4.79 Å². The highest BCUT2D eigenvalue weighted by molar-refractivity contribution is 5.99. The predicted molar refractivity (Wildman–Crippen MR) is 98.1 cm³/mol. The van der Waals surface area contributed by atoms with Crippen LogP contribution in [0.4, 0.5) is 0 Å². The Labute approximate surface area is 150 Å². The molecule has 0 unspecified atom stereocenters. The van der Waals surface area contributed by atoms with E-state index < -0.39 is 0 Å². The van der Waals surface area contributed by atoms with Gasteiger partial charge in [0.2, 0.25) is 6.79 Å². The van der Waals surface area contributed by atoms with Crippen LogP contribution in [0.5, 0.6) is 17.2 Å². The van der Waals surface area contributed by atoms with E-state index in [-0.39, 0.29) is 12.7 Å². The molecule has 1 amide bonds. The number of carbonyl (C=O) groups excluding carboxylic acids is 1. The van der Waals surface area contributed by atoms with E-state index in [1.54, 1.807) is 25.3 Å². The Morgan fingerprint density at radius 3 is 2.65 bits per heavy atom. The van der Waals surface area contributed by atoms with Gasteiger partial charge in [-0.05, 0) is 29.0 Å². The summed E-state index contributed by atoms with van der Waals surface area (Å²) in [5, 5.41) is 6.11. The standard InChI is InChI=1S/C20H16N2O4/c1-24-17-10-19-18(25-12-26-19)9-16(17)11-21-22-20(23)15-7-6-13-4-2-3-5-14(13)8-15/h2-11H,12H2,1H3,(H,22,23)/b21-11+. The second kappa shape index (κ2) is 6.76. The van der Waals surface area contributed by atoms with E-state index in [1.165, 1.54) is 6.21 Å². The molecule has 0 atom stereocenters. The van der Waals surface area contributed by atoms with Crippen LogP contribution in [-0.2, 0) is 0 Å². The van der Waals surface area contributed by atoms with Crippen LogP contribution in [0.25, 0.3) is 10.8 Å². The number of ether oxygens (including phenoxy) is 3. The topological polar surface area (TPSA) is 69.2 Å². The summed E-state index contributed by atoms with van der Waals surface area (Å²) in [7, 11) is 1.56. The van der Waals surface area contributed by atoms with Crippen LogP contribution < -0.4 is 19.6 Å². The SMILES string of the molecule is COc1cc2c(cc1/C=N/NC(=O)c1ccc3ccccc3c1)OCO2. The number of nitrogens with zero attached hydrogens (tertiary/aromatic N) is 1. The Morgan fingerprint density at radius 2 is 1.85 bits per heavy atom. The number of hydrazone groups is 1. The number of fused-ring (bicyclic) bond motifs is 2. The quantitative estimate of drug-likeness (QED) is 0.580. The second-order valence-corrected chi connectivity index (χ2v) is 5.71. The molecule has 6 heteroatoms. The predicted octanol–water partition coefficient (Wildman–Crippen LogP) is 3.34. The van der Waals surface area contributed by atoms with E-state index in [0.717, 1.165) is 10.8 Å². The van der Waals surface area contributed by atoms with Crippen molar-refractivity contribution in [3.8, 4) is 17.2 Å². The van der Waals surface area contributed by atoms with E-state index in [0.29, 0.717) is 28.4 Å². The lowest BCUT2D eigenvalue weighted by Crippen LogP contribution is -2.17. The Kier molecular flexibility index (Phi) is 4.15. The average Bonchev–Trinajstić information content (AvgIpc) is 3.14. The summed E-state index contributed by atoms with van der Waals surface area (Å²) in [5.74, 6) is 1.54. The molecule has 130 valence electrons. The highest BCUT2D eigenvalue weighted by Gasteiger charge is 2.17. The number of carbonyl (C=O) groups is 1. The first-order valence-corrected chi connectivity index (χ1v) is 8.04. The molecule has 0 spiro atoms. The van der Waals surface area contributed by atoms with Crippen LogP contribution in [0.2, 0.25) is 0 Å². The molecule has 0 radical (unpaired) electrons. The Morgan fingerprint density at radius 1 is 1.08 bits per heavy atom. The lowest BCUT2D eigenvalue weighted by molar-refractivity contribution is 0.0955. The van der Waals surface area contributed by atoms with Crippen molar-refractivity contribution in [1.82, 2.24) is 5.43 Å². The number of methoxy groups -OCH3 is 1. The van der Waals surface area contributed by atoms with Crippen molar-refractivity contribution >= 4 is 22.9 Å². The fourth-order valence-corrected chi connectivity index (χ4v) is 2.77. The van der Waals surface area contributed by atoms with Gasteiger partial charge >= 0.3 is 0 Å². The van der Waals surface area contributed by atoms with Crippen LogP contribution in [0, 0.1) is 0 Å². The van der Waals surface area contributed by atoms with Gasteiger partial charge in [0.15, 0.2) is 11.5 Å². The number of amides is 1. The molecule has 1 heterocycles. The number of nitrogens with one attached hydrogen (secondary N) is 1. The minimum Gasteiger partial charge on any atom is -0.496 e. The average molecular weight is 348 g/mol. The maximum absolute atomic E-state index is 12.3. The molecule has 6 nitrogen and oxygen atoms in total. The maximum Gasteiger partial charge on any atom is 0.271 e. The number of rotatable bonds is 4. The summed E-state index contributed by atoms with van der Waals surface area (Å²) in [6, 6.07) is 16.9. The Hall–Kier alpha value is -3.54. The minimum absolute atomic E-state index is 0.178. The fourth-order valence-electron chi connectivity index (χ4n) is 2.77. The molecular weight excluding hydrogens is 332 g/mol. The van der Waals surface area contributed by atoms with Gasteiger partial charge < -0.3 is 14.2 Å². The van der Waals surface area contributed by atoms with Gasteiger partial charge in [-0.25, -0.2) is 5.43 Å². The van der Waals surface area contributed by atoms with Gasteiger partial charge in [-0.15, -0.1) is 0 Å². The minimum atomic E-state index is -0.285. The smallest absolute Gasteiger partial charge is 0.271 e. The van der Waals surface area contributed by atoms with Crippen molar-refractivity contribution in [3.63, 3.8) is 0 Å². The van der Waals surface area contributed by atoms with E-state index in [9.17, 15) is 4.79 Å². The van der Waals surface area contributed by atoms with Gasteiger partial charge in [0.05, 0.1) is 13.3 Å². The number of hydrogen-bond donors (Lipinski definition) is 1. The fraction of sp³-hybridized carbons (Fsp3) is 0.100. The molecule has 0 saturated carbocycles. The third-order valence-corrected chi connectivity index (χ3v) is 4.11. The van der Waals surface area contributed by atoms with Crippen molar-refractivity contribution in [2.24, 2.45) is 5.10 Å². The highest BCUT2D eigenvalue weighted by Crippen LogP contribution is 2.37. The second-order valence-electron chi connectivity index (χ2n) is 5.71. The lowest BCUT2D eigenvalue weighted by atomic mass is 10.1. The van der Waals surface area contributed by atoms with Gasteiger partial charge in [0, 0.05) is 17.2 Å². The number of benzene rings is 3. The largest absolute Gasteiger partial charge is 0.496 e. The molecule has 3 aromatic carbocycles. The molecule has 3 aromatic rings. The summed E-state index contributed by atoms with van der Waals surface area (Å²) in [4.78, 5) is 12.3. The normalized spacial score (nSPS) is 12.5.